The van der Waals surface area contributed by atoms with Crippen LogP contribution in [0, 0.1) is 0 Å². The van der Waals surface area contributed by atoms with Crippen LogP contribution in [-0.2, 0) is 4.74 Å². The lowest BCUT2D eigenvalue weighted by molar-refractivity contribution is -0.277. The van der Waals surface area contributed by atoms with Gasteiger partial charge in [-0.2, -0.15) is 0 Å². The maximum atomic E-state index is 13.4. The minimum atomic E-state index is -1.88. The topological polar surface area (TPSA) is 220 Å². The molecule has 3 aromatic rings. The number of ether oxygens (including phenoxy) is 3. The third-order valence-electron chi connectivity index (χ3n) is 5.59. The van der Waals surface area contributed by atoms with Gasteiger partial charge in [-0.15, -0.1) is 0 Å². The van der Waals surface area contributed by atoms with E-state index in [0.29, 0.717) is 0 Å². The fourth-order valence-corrected chi connectivity index (χ4v) is 3.69. The summed E-state index contributed by atoms with van der Waals surface area (Å²) in [5.41, 5.74) is -1.32. The Morgan fingerprint density at radius 2 is 1.66 bits per heavy atom. The number of aromatic hydroxyl groups is 4. The van der Waals surface area contributed by atoms with Crippen LogP contribution in [0.4, 0.5) is 0 Å². The summed E-state index contributed by atoms with van der Waals surface area (Å²) in [6.45, 7) is -0.757. The average molecular weight is 494 g/mol. The van der Waals surface area contributed by atoms with Crippen molar-refractivity contribution >= 4 is 11.0 Å². The van der Waals surface area contributed by atoms with E-state index in [1.165, 1.54) is 25.3 Å². The quantitative estimate of drug-likeness (QED) is 0.209. The first-order valence-corrected chi connectivity index (χ1v) is 10.2. The summed E-state index contributed by atoms with van der Waals surface area (Å²) in [6.07, 6.45) is -8.53. The van der Waals surface area contributed by atoms with Gasteiger partial charge in [-0.3, -0.25) is 4.79 Å². The van der Waals surface area contributed by atoms with Crippen LogP contribution in [0.1, 0.15) is 0 Å². The van der Waals surface area contributed by atoms with E-state index in [2.05, 4.69) is 0 Å². The maximum Gasteiger partial charge on any atom is 0.239 e. The molecule has 4 rings (SSSR count). The van der Waals surface area contributed by atoms with E-state index in [4.69, 9.17) is 18.6 Å². The number of rotatable bonds is 5. The Morgan fingerprint density at radius 1 is 0.943 bits per heavy atom. The van der Waals surface area contributed by atoms with Crippen molar-refractivity contribution in [3.8, 4) is 45.8 Å². The smallest absolute Gasteiger partial charge is 0.239 e. The molecule has 1 aromatic heterocycles. The summed E-state index contributed by atoms with van der Waals surface area (Å²) in [7, 11) is 1.28. The van der Waals surface area contributed by atoms with Crippen LogP contribution in [0.25, 0.3) is 22.3 Å². The van der Waals surface area contributed by atoms with E-state index in [1.54, 1.807) is 0 Å². The molecule has 13 heteroatoms. The third-order valence-corrected chi connectivity index (χ3v) is 5.59. The predicted molar refractivity (Wildman–Crippen MR) is 116 cm³/mol. The SMILES string of the molecule is COc1cc(-c2oc3cc(O)c(O)c(O)c3c(=O)c2O[C@@H]2O[C@H](CO)[C@@H](O)[C@@H](O)[C@H]2O)ccc1O. The molecule has 0 saturated carbocycles. The fraction of sp³-hybridized carbons (Fsp3) is 0.318. The van der Waals surface area contributed by atoms with E-state index < -0.39 is 71.1 Å². The van der Waals surface area contributed by atoms with Gasteiger partial charge in [0.2, 0.25) is 23.2 Å². The lowest BCUT2D eigenvalue weighted by Crippen LogP contribution is -2.60. The zero-order chi connectivity index (χ0) is 25.6. The highest BCUT2D eigenvalue weighted by Crippen LogP contribution is 2.43. The Morgan fingerprint density at radius 3 is 2.31 bits per heavy atom. The molecule has 0 aliphatic carbocycles. The van der Waals surface area contributed by atoms with Crippen molar-refractivity contribution in [2.45, 2.75) is 30.7 Å². The van der Waals surface area contributed by atoms with Crippen LogP contribution in [0.15, 0.2) is 33.5 Å². The first kappa shape index (κ1) is 24.4. The number of aliphatic hydroxyl groups excluding tert-OH is 4. The van der Waals surface area contributed by atoms with Gasteiger partial charge in [-0.25, -0.2) is 0 Å². The van der Waals surface area contributed by atoms with Gasteiger partial charge < -0.3 is 59.5 Å². The summed E-state index contributed by atoms with van der Waals surface area (Å²) in [6, 6.07) is 4.70. The number of benzene rings is 2. The molecule has 1 saturated heterocycles. The third kappa shape index (κ3) is 4.05. The Hall–Kier alpha value is -3.75. The first-order valence-electron chi connectivity index (χ1n) is 10.2. The van der Waals surface area contributed by atoms with Gasteiger partial charge in [0.25, 0.3) is 0 Å². The number of phenols is 4. The van der Waals surface area contributed by atoms with Crippen molar-refractivity contribution in [1.29, 1.82) is 0 Å². The number of hydrogen-bond acceptors (Lipinski definition) is 13. The van der Waals surface area contributed by atoms with Crippen LogP contribution < -0.4 is 14.9 Å². The largest absolute Gasteiger partial charge is 0.504 e. The van der Waals surface area contributed by atoms with Gasteiger partial charge in [0.15, 0.2) is 28.8 Å². The van der Waals surface area contributed by atoms with E-state index in [1.807, 2.05) is 0 Å². The lowest BCUT2D eigenvalue weighted by Gasteiger charge is -2.39. The van der Waals surface area contributed by atoms with Crippen molar-refractivity contribution in [2.24, 2.45) is 0 Å². The number of aliphatic hydroxyl groups is 4. The minimum absolute atomic E-state index is 0.0135. The zero-order valence-corrected chi connectivity index (χ0v) is 18.0. The van der Waals surface area contributed by atoms with Crippen molar-refractivity contribution in [1.82, 2.24) is 0 Å². The van der Waals surface area contributed by atoms with Crippen molar-refractivity contribution in [2.75, 3.05) is 13.7 Å². The molecule has 35 heavy (non-hydrogen) atoms. The summed E-state index contributed by atoms with van der Waals surface area (Å²) in [4.78, 5) is 13.4. The first-order chi connectivity index (χ1) is 16.6. The molecule has 1 fully saturated rings. The molecule has 5 atom stereocenters. The second-order valence-corrected chi connectivity index (χ2v) is 7.76. The molecule has 0 spiro atoms. The van der Waals surface area contributed by atoms with Gasteiger partial charge in [-0.05, 0) is 18.2 Å². The van der Waals surface area contributed by atoms with E-state index in [9.17, 15) is 45.6 Å². The molecule has 13 nitrogen and oxygen atoms in total. The molecule has 0 amide bonds. The Balaban J connectivity index is 1.95. The fourth-order valence-electron chi connectivity index (χ4n) is 3.69. The number of phenolic OH excluding ortho intramolecular Hbond substituents is 4. The minimum Gasteiger partial charge on any atom is -0.504 e. The number of hydrogen-bond donors (Lipinski definition) is 8. The average Bonchev–Trinajstić information content (AvgIpc) is 2.84. The molecular weight excluding hydrogens is 472 g/mol. The van der Waals surface area contributed by atoms with Gasteiger partial charge >= 0.3 is 0 Å². The van der Waals surface area contributed by atoms with Crippen LogP contribution in [0.2, 0.25) is 0 Å². The highest BCUT2D eigenvalue weighted by molar-refractivity contribution is 5.91. The highest BCUT2D eigenvalue weighted by Gasteiger charge is 2.45. The number of fused-ring (bicyclic) bond motifs is 1. The summed E-state index contributed by atoms with van der Waals surface area (Å²) in [5, 5.41) is 79.2. The molecule has 188 valence electrons. The van der Waals surface area contributed by atoms with E-state index >= 15 is 0 Å². The molecule has 2 heterocycles. The Labute approximate surface area is 195 Å². The normalized spacial score (nSPS) is 24.4. The van der Waals surface area contributed by atoms with Gasteiger partial charge in [0.05, 0.1) is 13.7 Å². The van der Waals surface area contributed by atoms with Gasteiger partial charge in [0, 0.05) is 11.6 Å². The second-order valence-electron chi connectivity index (χ2n) is 7.76. The molecule has 0 bridgehead atoms. The molecule has 1 aliphatic heterocycles. The molecule has 8 N–H and O–H groups in total. The van der Waals surface area contributed by atoms with Gasteiger partial charge in [-0.1, -0.05) is 0 Å². The maximum absolute atomic E-state index is 13.4. The molecule has 0 unspecified atom stereocenters. The summed E-state index contributed by atoms with van der Waals surface area (Å²) < 4.78 is 21.6. The summed E-state index contributed by atoms with van der Waals surface area (Å²) >= 11 is 0. The van der Waals surface area contributed by atoms with Crippen LogP contribution in [0.5, 0.6) is 34.5 Å². The van der Waals surface area contributed by atoms with Crippen molar-refractivity contribution in [3.63, 3.8) is 0 Å². The van der Waals surface area contributed by atoms with Gasteiger partial charge in [0.1, 0.15) is 35.4 Å². The van der Waals surface area contributed by atoms with Crippen LogP contribution in [-0.4, -0.2) is 85.3 Å². The standard InChI is InChI=1S/C22H22O13/c1-32-10-4-7(2-3-8(10)24)20-21(35-22-19(31)18(30)15(27)12(6-23)34-22)17(29)13-11(33-20)5-9(25)14(26)16(13)28/h2-5,12,15,18-19,22-28,30-31H,6H2,1H3/t12-,15-,18-,19-,22+/m1/s1. The van der Waals surface area contributed by atoms with Crippen LogP contribution >= 0.6 is 0 Å². The molecule has 2 aromatic carbocycles. The molecule has 0 radical (unpaired) electrons. The second kappa shape index (κ2) is 9.13. The van der Waals surface area contributed by atoms with Crippen molar-refractivity contribution in [3.05, 3.63) is 34.5 Å². The molecule has 1 aliphatic rings. The summed E-state index contributed by atoms with van der Waals surface area (Å²) in [5.74, 6) is -4.05. The highest BCUT2D eigenvalue weighted by atomic mass is 16.7. The molecular formula is C22H22O13. The monoisotopic (exact) mass is 494 g/mol. The Bertz CT molecular complexity index is 1320. The van der Waals surface area contributed by atoms with E-state index in [0.717, 1.165) is 6.07 Å². The zero-order valence-electron chi connectivity index (χ0n) is 18.0. The predicted octanol–water partition coefficient (Wildman–Crippen LogP) is -0.530. The lowest BCUT2D eigenvalue weighted by atomic mass is 9.99. The van der Waals surface area contributed by atoms with E-state index in [-0.39, 0.29) is 28.4 Å². The van der Waals surface area contributed by atoms with Crippen LogP contribution in [0.3, 0.4) is 0 Å². The Kier molecular flexibility index (Phi) is 6.36. The van der Waals surface area contributed by atoms with Crippen molar-refractivity contribution < 1.29 is 59.5 Å². The number of methoxy groups -OCH3 is 1.